The first-order chi connectivity index (χ1) is 12.7. The van der Waals surface area contributed by atoms with Crippen LogP contribution in [0.4, 0.5) is 0 Å². The molecule has 0 aliphatic heterocycles. The number of nitrogens with one attached hydrogen (secondary N) is 1. The zero-order valence-corrected chi connectivity index (χ0v) is 15.2. The van der Waals surface area contributed by atoms with E-state index in [2.05, 4.69) is 20.4 Å². The summed E-state index contributed by atoms with van der Waals surface area (Å²) in [5.74, 6) is 1.90. The molecule has 0 radical (unpaired) electrons. The molecule has 0 unspecified atom stereocenters. The largest absolute Gasteiger partial charge is 0.497 e. The van der Waals surface area contributed by atoms with E-state index in [4.69, 9.17) is 9.26 Å². The lowest BCUT2D eigenvalue weighted by Gasteiger charge is -2.07. The first kappa shape index (κ1) is 17.9. The first-order valence-corrected chi connectivity index (χ1v) is 8.92. The fourth-order valence-corrected chi connectivity index (χ4v) is 3.02. The molecule has 2 aromatic heterocycles. The fraction of sp³-hybridized carbons (Fsp3) is 0.222. The van der Waals surface area contributed by atoms with Crippen molar-refractivity contribution in [3.63, 3.8) is 0 Å². The number of methoxy groups -OCH3 is 1. The van der Waals surface area contributed by atoms with Gasteiger partial charge in [0, 0.05) is 12.7 Å². The molecule has 3 rings (SSSR count). The standard InChI is InChI=1S/C18H18N4O3S/c1-12-21-17(25-22-12)15-4-3-9-19-18(15)26-11-16(23)20-10-13-5-7-14(24-2)8-6-13/h3-9H,10-11H2,1-2H3,(H,20,23). The van der Waals surface area contributed by atoms with Gasteiger partial charge in [0.2, 0.25) is 5.91 Å². The number of aromatic nitrogens is 3. The minimum atomic E-state index is -0.0795. The van der Waals surface area contributed by atoms with Gasteiger partial charge in [0.25, 0.3) is 5.89 Å². The Balaban J connectivity index is 1.56. The van der Waals surface area contributed by atoms with Crippen molar-refractivity contribution in [3.8, 4) is 17.2 Å². The van der Waals surface area contributed by atoms with E-state index in [1.807, 2.05) is 30.3 Å². The lowest BCUT2D eigenvalue weighted by molar-refractivity contribution is -0.118. The fourth-order valence-electron chi connectivity index (χ4n) is 2.20. The summed E-state index contributed by atoms with van der Waals surface area (Å²) >= 11 is 1.33. The summed E-state index contributed by atoms with van der Waals surface area (Å²) in [4.78, 5) is 20.7. The van der Waals surface area contributed by atoms with Gasteiger partial charge in [-0.05, 0) is 36.8 Å². The van der Waals surface area contributed by atoms with Crippen molar-refractivity contribution in [2.45, 2.75) is 18.5 Å². The Morgan fingerprint density at radius 2 is 2.08 bits per heavy atom. The van der Waals surface area contributed by atoms with Gasteiger partial charge in [-0.3, -0.25) is 4.79 Å². The Kier molecular flexibility index (Phi) is 5.85. The molecule has 3 aromatic rings. The van der Waals surface area contributed by atoms with Gasteiger partial charge in [-0.25, -0.2) is 4.98 Å². The van der Waals surface area contributed by atoms with Crippen molar-refractivity contribution in [1.82, 2.24) is 20.4 Å². The maximum absolute atomic E-state index is 12.1. The highest BCUT2D eigenvalue weighted by molar-refractivity contribution is 8.00. The lowest BCUT2D eigenvalue weighted by atomic mass is 10.2. The number of rotatable bonds is 7. The maximum Gasteiger partial charge on any atom is 0.260 e. The van der Waals surface area contributed by atoms with Crippen molar-refractivity contribution in [2.24, 2.45) is 0 Å². The van der Waals surface area contributed by atoms with Crippen molar-refractivity contribution in [2.75, 3.05) is 12.9 Å². The third-order valence-electron chi connectivity index (χ3n) is 3.52. The third kappa shape index (κ3) is 4.60. The smallest absolute Gasteiger partial charge is 0.260 e. The molecule has 0 aliphatic carbocycles. The summed E-state index contributed by atoms with van der Waals surface area (Å²) in [6.45, 7) is 2.21. The first-order valence-electron chi connectivity index (χ1n) is 7.94. The molecule has 0 saturated heterocycles. The summed E-state index contributed by atoms with van der Waals surface area (Å²) in [6.07, 6.45) is 1.67. The summed E-state index contributed by atoms with van der Waals surface area (Å²) in [7, 11) is 1.62. The lowest BCUT2D eigenvalue weighted by Crippen LogP contribution is -2.24. The van der Waals surface area contributed by atoms with Crippen LogP contribution >= 0.6 is 11.8 Å². The average molecular weight is 370 g/mol. The van der Waals surface area contributed by atoms with Crippen LogP contribution in [0, 0.1) is 6.92 Å². The van der Waals surface area contributed by atoms with Crippen LogP contribution < -0.4 is 10.1 Å². The molecule has 0 bridgehead atoms. The molecule has 1 N–H and O–H groups in total. The van der Waals surface area contributed by atoms with Crippen molar-refractivity contribution >= 4 is 17.7 Å². The number of thioether (sulfide) groups is 1. The van der Waals surface area contributed by atoms with Crippen molar-refractivity contribution in [3.05, 3.63) is 54.0 Å². The maximum atomic E-state index is 12.1. The van der Waals surface area contributed by atoms with Gasteiger partial charge < -0.3 is 14.6 Å². The van der Waals surface area contributed by atoms with Gasteiger partial charge in [0.05, 0.1) is 18.4 Å². The molecular weight excluding hydrogens is 352 g/mol. The predicted octanol–water partition coefficient (Wildman–Crippen LogP) is 2.86. The summed E-state index contributed by atoms with van der Waals surface area (Å²) in [5, 5.41) is 7.36. The third-order valence-corrected chi connectivity index (χ3v) is 4.52. The predicted molar refractivity (Wildman–Crippen MR) is 97.8 cm³/mol. The molecule has 1 aromatic carbocycles. The second-order valence-corrected chi connectivity index (χ2v) is 6.38. The number of hydrogen-bond donors (Lipinski definition) is 1. The number of nitrogens with zero attached hydrogens (tertiary/aromatic N) is 3. The number of hydrogen-bond acceptors (Lipinski definition) is 7. The second kappa shape index (κ2) is 8.48. The molecular formula is C18H18N4O3S. The van der Waals surface area contributed by atoms with Gasteiger partial charge in [0.1, 0.15) is 10.8 Å². The van der Waals surface area contributed by atoms with Gasteiger partial charge >= 0.3 is 0 Å². The SMILES string of the molecule is COc1ccc(CNC(=O)CSc2ncccc2-c2nc(C)no2)cc1. The summed E-state index contributed by atoms with van der Waals surface area (Å²) < 4.78 is 10.3. The number of benzene rings is 1. The number of ether oxygens (including phenoxy) is 1. The second-order valence-electron chi connectivity index (χ2n) is 5.42. The molecule has 0 spiro atoms. The monoisotopic (exact) mass is 370 g/mol. The van der Waals surface area contributed by atoms with Crippen LogP contribution in [0.1, 0.15) is 11.4 Å². The molecule has 8 heteroatoms. The number of carbonyl (C=O) groups is 1. The molecule has 26 heavy (non-hydrogen) atoms. The van der Waals surface area contributed by atoms with Crippen LogP contribution in [0.25, 0.3) is 11.5 Å². The highest BCUT2D eigenvalue weighted by Crippen LogP contribution is 2.28. The van der Waals surface area contributed by atoms with E-state index < -0.39 is 0 Å². The van der Waals surface area contributed by atoms with Gasteiger partial charge in [-0.15, -0.1) is 0 Å². The van der Waals surface area contributed by atoms with Gasteiger partial charge in [-0.2, -0.15) is 4.98 Å². The van der Waals surface area contributed by atoms with E-state index in [1.165, 1.54) is 11.8 Å². The minimum absolute atomic E-state index is 0.0795. The quantitative estimate of drug-likeness (QED) is 0.640. The molecule has 0 saturated carbocycles. The Morgan fingerprint density at radius 3 is 2.77 bits per heavy atom. The molecule has 2 heterocycles. The zero-order valence-electron chi connectivity index (χ0n) is 14.4. The average Bonchev–Trinajstić information content (AvgIpc) is 3.11. The van der Waals surface area contributed by atoms with Crippen LogP contribution in [0.5, 0.6) is 5.75 Å². The summed E-state index contributed by atoms with van der Waals surface area (Å²) in [6, 6.07) is 11.2. The molecule has 7 nitrogen and oxygen atoms in total. The van der Waals surface area contributed by atoms with Gasteiger partial charge in [0.15, 0.2) is 5.82 Å². The highest BCUT2D eigenvalue weighted by Gasteiger charge is 2.14. The molecule has 0 fully saturated rings. The molecule has 134 valence electrons. The molecule has 0 atom stereocenters. The Hall–Kier alpha value is -2.87. The minimum Gasteiger partial charge on any atom is -0.497 e. The topological polar surface area (TPSA) is 90.1 Å². The van der Waals surface area contributed by atoms with E-state index in [1.54, 1.807) is 26.3 Å². The zero-order chi connectivity index (χ0) is 18.4. The normalized spacial score (nSPS) is 10.5. The number of aryl methyl sites for hydroxylation is 1. The van der Waals surface area contributed by atoms with Gasteiger partial charge in [-0.1, -0.05) is 29.1 Å². The van der Waals surface area contributed by atoms with E-state index in [9.17, 15) is 4.79 Å². The van der Waals surface area contributed by atoms with E-state index in [0.717, 1.165) is 16.9 Å². The number of carbonyl (C=O) groups excluding carboxylic acids is 1. The van der Waals surface area contributed by atoms with Crippen LogP contribution in [0.3, 0.4) is 0 Å². The van der Waals surface area contributed by atoms with Crippen LogP contribution in [0.15, 0.2) is 52.1 Å². The Bertz CT molecular complexity index is 880. The Labute approximate surface area is 155 Å². The Morgan fingerprint density at radius 1 is 1.27 bits per heavy atom. The van der Waals surface area contributed by atoms with E-state index >= 15 is 0 Å². The molecule has 0 aliphatic rings. The van der Waals surface area contributed by atoms with Crippen molar-refractivity contribution in [1.29, 1.82) is 0 Å². The molecule has 1 amide bonds. The van der Waals surface area contributed by atoms with E-state index in [-0.39, 0.29) is 11.7 Å². The number of pyridine rings is 1. The number of amides is 1. The van der Waals surface area contributed by atoms with Crippen molar-refractivity contribution < 1.29 is 14.1 Å². The van der Waals surface area contributed by atoms with E-state index in [0.29, 0.717) is 23.3 Å². The van der Waals surface area contributed by atoms with Crippen LogP contribution in [0.2, 0.25) is 0 Å². The van der Waals surface area contributed by atoms with Crippen LogP contribution in [-0.2, 0) is 11.3 Å². The summed E-state index contributed by atoms with van der Waals surface area (Å²) in [5.41, 5.74) is 1.73. The highest BCUT2D eigenvalue weighted by atomic mass is 32.2. The van der Waals surface area contributed by atoms with Crippen LogP contribution in [-0.4, -0.2) is 33.9 Å².